The quantitative estimate of drug-likeness (QED) is 0.607. The Morgan fingerprint density at radius 3 is 2.71 bits per heavy atom. The van der Waals surface area contributed by atoms with Crippen LogP contribution in [0.1, 0.15) is 51.5 Å². The molecule has 2 amide bonds. The fraction of sp³-hybridized carbons (Fsp3) is 0.450. The number of nitrogens with one attached hydrogen (secondary N) is 3. The molecule has 1 fully saturated rings. The van der Waals surface area contributed by atoms with Gasteiger partial charge in [0.05, 0.1) is 29.5 Å². The third-order valence-corrected chi connectivity index (χ3v) is 5.10. The normalized spacial score (nSPS) is 14.1. The Morgan fingerprint density at radius 2 is 1.96 bits per heavy atom. The fourth-order valence-corrected chi connectivity index (χ4v) is 3.59. The summed E-state index contributed by atoms with van der Waals surface area (Å²) in [6, 6.07) is 7.33. The van der Waals surface area contributed by atoms with Crippen LogP contribution in [-0.2, 0) is 9.59 Å². The van der Waals surface area contributed by atoms with Crippen molar-refractivity contribution in [2.24, 2.45) is 0 Å². The molecule has 0 radical (unpaired) electrons. The first-order valence-corrected chi connectivity index (χ1v) is 10.1. The first-order valence-electron chi connectivity index (χ1n) is 9.73. The van der Waals surface area contributed by atoms with E-state index in [2.05, 4.69) is 21.0 Å². The van der Waals surface area contributed by atoms with Crippen LogP contribution in [0.4, 0.5) is 17.2 Å². The lowest BCUT2D eigenvalue weighted by molar-refractivity contribution is -0.116. The maximum Gasteiger partial charge on any atom is 0.244 e. The molecule has 0 bridgehead atoms. The van der Waals surface area contributed by atoms with Crippen LogP contribution < -0.4 is 16.0 Å². The van der Waals surface area contributed by atoms with E-state index in [-0.39, 0.29) is 18.4 Å². The fourth-order valence-electron chi connectivity index (χ4n) is 3.40. The number of hydrogen-bond donors (Lipinski definition) is 3. The van der Waals surface area contributed by atoms with Crippen LogP contribution in [0.25, 0.3) is 0 Å². The van der Waals surface area contributed by atoms with Crippen molar-refractivity contribution in [2.45, 2.75) is 51.5 Å². The maximum absolute atomic E-state index is 12.4. The van der Waals surface area contributed by atoms with E-state index < -0.39 is 0 Å². The lowest BCUT2D eigenvalue weighted by Crippen LogP contribution is -2.24. The smallest absolute Gasteiger partial charge is 0.244 e. The zero-order chi connectivity index (χ0) is 19.9. The highest BCUT2D eigenvalue weighted by Crippen LogP contribution is 2.31. The number of amides is 2. The highest BCUT2D eigenvalue weighted by atomic mass is 35.5. The van der Waals surface area contributed by atoms with Crippen molar-refractivity contribution in [3.63, 3.8) is 0 Å². The maximum atomic E-state index is 12.4. The summed E-state index contributed by atoms with van der Waals surface area (Å²) in [5.41, 5.74) is 1.24. The molecule has 0 saturated heterocycles. The van der Waals surface area contributed by atoms with Gasteiger partial charge in [0.2, 0.25) is 11.8 Å². The van der Waals surface area contributed by atoms with E-state index in [9.17, 15) is 9.59 Å². The van der Waals surface area contributed by atoms with E-state index in [4.69, 9.17) is 11.6 Å². The Kier molecular flexibility index (Phi) is 6.92. The van der Waals surface area contributed by atoms with Gasteiger partial charge >= 0.3 is 0 Å². The van der Waals surface area contributed by atoms with Crippen LogP contribution >= 0.6 is 11.6 Å². The van der Waals surface area contributed by atoms with E-state index >= 15 is 0 Å². The van der Waals surface area contributed by atoms with Gasteiger partial charge in [0, 0.05) is 18.2 Å². The van der Waals surface area contributed by atoms with Crippen molar-refractivity contribution in [3.8, 4) is 0 Å². The number of carbonyl (C=O) groups excluding carboxylic acids is 2. The molecule has 0 aliphatic heterocycles. The van der Waals surface area contributed by atoms with E-state index in [0.29, 0.717) is 34.7 Å². The summed E-state index contributed by atoms with van der Waals surface area (Å²) in [7, 11) is 0. The molecule has 0 atom stereocenters. The highest BCUT2D eigenvalue weighted by Gasteiger charge is 2.20. The molecule has 1 aliphatic rings. The SMILES string of the molecule is CCCC(=O)Nc1ccc(Cl)c(NCC(=O)Nc2ccnn2C2CCCC2)c1. The van der Waals surface area contributed by atoms with E-state index in [0.717, 1.165) is 19.3 Å². The van der Waals surface area contributed by atoms with Gasteiger partial charge in [-0.1, -0.05) is 31.4 Å². The van der Waals surface area contributed by atoms with Gasteiger partial charge in [-0.05, 0) is 37.5 Å². The Balaban J connectivity index is 1.57. The molecule has 1 aliphatic carbocycles. The Labute approximate surface area is 169 Å². The molecule has 28 heavy (non-hydrogen) atoms. The summed E-state index contributed by atoms with van der Waals surface area (Å²) < 4.78 is 1.90. The Bertz CT molecular complexity index is 830. The van der Waals surface area contributed by atoms with Gasteiger partial charge < -0.3 is 16.0 Å². The molecular formula is C20H26ClN5O2. The molecule has 0 unspecified atom stereocenters. The predicted molar refractivity (Wildman–Crippen MR) is 112 cm³/mol. The Hall–Kier alpha value is -2.54. The zero-order valence-corrected chi connectivity index (χ0v) is 16.8. The molecule has 2 aromatic rings. The molecule has 1 saturated carbocycles. The molecule has 8 heteroatoms. The first-order chi connectivity index (χ1) is 13.6. The molecule has 1 aromatic heterocycles. The van der Waals surface area contributed by atoms with Crippen LogP contribution in [0.5, 0.6) is 0 Å². The minimum Gasteiger partial charge on any atom is -0.375 e. The van der Waals surface area contributed by atoms with Gasteiger partial charge in [0.25, 0.3) is 0 Å². The molecular weight excluding hydrogens is 378 g/mol. The molecule has 3 N–H and O–H groups in total. The predicted octanol–water partition coefficient (Wildman–Crippen LogP) is 4.44. The molecule has 7 nitrogen and oxygen atoms in total. The van der Waals surface area contributed by atoms with Crippen molar-refractivity contribution in [1.82, 2.24) is 9.78 Å². The number of nitrogens with zero attached hydrogens (tertiary/aromatic N) is 2. The van der Waals surface area contributed by atoms with E-state index in [1.807, 2.05) is 17.7 Å². The number of aromatic nitrogens is 2. The highest BCUT2D eigenvalue weighted by molar-refractivity contribution is 6.33. The van der Waals surface area contributed by atoms with Crippen LogP contribution in [0.3, 0.4) is 0 Å². The number of carbonyl (C=O) groups is 2. The summed E-state index contributed by atoms with van der Waals surface area (Å²) >= 11 is 6.21. The number of benzene rings is 1. The van der Waals surface area contributed by atoms with Gasteiger partial charge in [0.15, 0.2) is 0 Å². The van der Waals surface area contributed by atoms with Gasteiger partial charge in [-0.15, -0.1) is 0 Å². The third-order valence-electron chi connectivity index (χ3n) is 4.77. The zero-order valence-electron chi connectivity index (χ0n) is 16.0. The van der Waals surface area contributed by atoms with Crippen molar-refractivity contribution in [2.75, 3.05) is 22.5 Å². The van der Waals surface area contributed by atoms with Gasteiger partial charge in [-0.3, -0.25) is 9.59 Å². The molecule has 1 aromatic carbocycles. The summed E-state index contributed by atoms with van der Waals surface area (Å²) in [5, 5.41) is 13.6. The first kappa shape index (κ1) is 20.2. The average molecular weight is 404 g/mol. The standard InChI is InChI=1S/C20H26ClN5O2/c1-2-5-19(27)24-14-8-9-16(21)17(12-14)22-13-20(28)25-18-10-11-23-26(18)15-6-3-4-7-15/h8-12,15,22H,2-7,13H2,1H3,(H,24,27)(H,25,28). The van der Waals surface area contributed by atoms with Gasteiger partial charge in [0.1, 0.15) is 5.82 Å². The molecule has 3 rings (SSSR count). The number of halogens is 1. The minimum absolute atomic E-state index is 0.0475. The molecule has 1 heterocycles. The van der Waals surface area contributed by atoms with Crippen molar-refractivity contribution < 1.29 is 9.59 Å². The lowest BCUT2D eigenvalue weighted by atomic mass is 10.2. The second kappa shape index (κ2) is 9.59. The molecule has 150 valence electrons. The van der Waals surface area contributed by atoms with Crippen LogP contribution in [0.15, 0.2) is 30.5 Å². The van der Waals surface area contributed by atoms with Crippen molar-refractivity contribution in [1.29, 1.82) is 0 Å². The second-order valence-corrected chi connectivity index (χ2v) is 7.40. The van der Waals surface area contributed by atoms with Crippen molar-refractivity contribution >= 4 is 40.6 Å². The van der Waals surface area contributed by atoms with Gasteiger partial charge in [-0.25, -0.2) is 4.68 Å². The Morgan fingerprint density at radius 1 is 1.18 bits per heavy atom. The summed E-state index contributed by atoms with van der Waals surface area (Å²) in [6.07, 6.45) is 7.53. The van der Waals surface area contributed by atoms with Gasteiger partial charge in [-0.2, -0.15) is 5.10 Å². The summed E-state index contributed by atoms with van der Waals surface area (Å²) in [6.45, 7) is 2.01. The largest absolute Gasteiger partial charge is 0.375 e. The second-order valence-electron chi connectivity index (χ2n) is 6.99. The summed E-state index contributed by atoms with van der Waals surface area (Å²) in [4.78, 5) is 24.1. The van der Waals surface area contributed by atoms with E-state index in [1.54, 1.807) is 24.4 Å². The topological polar surface area (TPSA) is 88.1 Å². The summed E-state index contributed by atoms with van der Waals surface area (Å²) in [5.74, 6) is 0.482. The number of hydrogen-bond acceptors (Lipinski definition) is 4. The minimum atomic E-state index is -0.184. The van der Waals surface area contributed by atoms with Crippen LogP contribution in [0, 0.1) is 0 Å². The van der Waals surface area contributed by atoms with Crippen LogP contribution in [0.2, 0.25) is 5.02 Å². The molecule has 0 spiro atoms. The third kappa shape index (κ3) is 5.25. The average Bonchev–Trinajstić information content (AvgIpc) is 3.33. The van der Waals surface area contributed by atoms with Crippen molar-refractivity contribution in [3.05, 3.63) is 35.5 Å². The number of anilines is 3. The monoisotopic (exact) mass is 403 g/mol. The number of rotatable bonds is 8. The van der Waals surface area contributed by atoms with E-state index in [1.165, 1.54) is 12.8 Å². The van der Waals surface area contributed by atoms with Crippen LogP contribution in [-0.4, -0.2) is 28.1 Å². The lowest BCUT2D eigenvalue weighted by Gasteiger charge is -2.15.